The van der Waals surface area contributed by atoms with E-state index in [1.807, 2.05) is 72.4 Å². The van der Waals surface area contributed by atoms with Crippen molar-refractivity contribution in [3.63, 3.8) is 0 Å². The second-order valence-electron chi connectivity index (χ2n) is 6.88. The zero-order chi connectivity index (χ0) is 20.9. The molecule has 2 amide bonds. The molecule has 1 aromatic heterocycles. The van der Waals surface area contributed by atoms with Crippen LogP contribution in [0, 0.1) is 0 Å². The van der Waals surface area contributed by atoms with Gasteiger partial charge in [0, 0.05) is 42.9 Å². The van der Waals surface area contributed by atoms with Crippen molar-refractivity contribution in [1.29, 1.82) is 0 Å². The number of anilines is 1. The van der Waals surface area contributed by atoms with Gasteiger partial charge in [0.05, 0.1) is 6.54 Å². The van der Waals surface area contributed by atoms with Crippen molar-refractivity contribution in [3.8, 4) is 0 Å². The molecular weight excluding hydrogens is 398 g/mol. The zero-order valence-corrected chi connectivity index (χ0v) is 17.3. The van der Waals surface area contributed by atoms with Crippen LogP contribution in [0.15, 0.2) is 82.1 Å². The molecule has 30 heavy (non-hydrogen) atoms. The number of aromatic nitrogens is 2. The Hall–Kier alpha value is -3.39. The first-order valence-electron chi connectivity index (χ1n) is 9.57. The van der Waals surface area contributed by atoms with Gasteiger partial charge in [-0.25, -0.2) is 9.99 Å². The van der Waals surface area contributed by atoms with Gasteiger partial charge in [-0.3, -0.25) is 9.59 Å². The van der Waals surface area contributed by atoms with Gasteiger partial charge < -0.3 is 9.88 Å². The van der Waals surface area contributed by atoms with E-state index < -0.39 is 0 Å². The largest absolute Gasteiger partial charge is 0.329 e. The number of benzene rings is 2. The highest BCUT2D eigenvalue weighted by atomic mass is 32.2. The summed E-state index contributed by atoms with van der Waals surface area (Å²) in [6.45, 7) is 0.357. The Bertz CT molecular complexity index is 1080. The molecule has 0 bridgehead atoms. The fourth-order valence-corrected chi connectivity index (χ4v) is 3.81. The molecule has 0 atom stereocenters. The molecule has 2 heterocycles. The average molecular weight is 420 g/mol. The third-order valence-electron chi connectivity index (χ3n) is 4.64. The summed E-state index contributed by atoms with van der Waals surface area (Å²) in [7, 11) is 1.95. The molecule has 7 nitrogen and oxygen atoms in total. The monoisotopic (exact) mass is 419 g/mol. The molecule has 0 saturated heterocycles. The van der Waals surface area contributed by atoms with Crippen molar-refractivity contribution in [2.45, 2.75) is 29.4 Å². The second-order valence-corrected chi connectivity index (χ2v) is 7.93. The van der Waals surface area contributed by atoms with Gasteiger partial charge in [0.25, 0.3) is 5.91 Å². The summed E-state index contributed by atoms with van der Waals surface area (Å²) >= 11 is 1.55. The topological polar surface area (TPSA) is 79.6 Å². The quantitative estimate of drug-likeness (QED) is 0.661. The maximum absolute atomic E-state index is 12.7. The number of rotatable bonds is 6. The number of imidazole rings is 1. The first-order valence-corrected chi connectivity index (χ1v) is 10.4. The molecule has 4 rings (SSSR count). The van der Waals surface area contributed by atoms with Crippen molar-refractivity contribution in [2.24, 2.45) is 12.1 Å². The number of carbonyl (C=O) groups excluding carboxylic acids is 2. The minimum Gasteiger partial charge on any atom is -0.329 e. The van der Waals surface area contributed by atoms with Crippen LogP contribution in [-0.4, -0.2) is 32.1 Å². The predicted octanol–water partition coefficient (Wildman–Crippen LogP) is 3.69. The van der Waals surface area contributed by atoms with E-state index in [1.54, 1.807) is 18.0 Å². The normalized spacial score (nSPS) is 13.8. The fourth-order valence-electron chi connectivity index (χ4n) is 3.01. The predicted molar refractivity (Wildman–Crippen MR) is 116 cm³/mol. The molecule has 2 aromatic carbocycles. The van der Waals surface area contributed by atoms with E-state index in [0.29, 0.717) is 24.4 Å². The number of amides is 2. The van der Waals surface area contributed by atoms with E-state index in [0.717, 1.165) is 15.6 Å². The maximum Gasteiger partial charge on any atom is 0.271 e. The Kier molecular flexibility index (Phi) is 5.94. The van der Waals surface area contributed by atoms with Crippen LogP contribution in [0.2, 0.25) is 0 Å². The van der Waals surface area contributed by atoms with Crippen LogP contribution in [-0.2, 0) is 23.2 Å². The van der Waals surface area contributed by atoms with Crippen molar-refractivity contribution >= 4 is 35.0 Å². The summed E-state index contributed by atoms with van der Waals surface area (Å²) in [5.74, 6) is -0.365. The van der Waals surface area contributed by atoms with Gasteiger partial charge in [-0.1, -0.05) is 42.1 Å². The van der Waals surface area contributed by atoms with Gasteiger partial charge in [0.1, 0.15) is 5.71 Å². The molecule has 1 N–H and O–H groups in total. The first-order chi connectivity index (χ1) is 14.6. The van der Waals surface area contributed by atoms with E-state index in [-0.39, 0.29) is 18.2 Å². The van der Waals surface area contributed by atoms with Gasteiger partial charge in [-0.05, 0) is 29.8 Å². The number of aryl methyl sites for hydroxylation is 1. The van der Waals surface area contributed by atoms with Crippen LogP contribution in [0.3, 0.4) is 0 Å². The lowest BCUT2D eigenvalue weighted by molar-refractivity contribution is -0.132. The van der Waals surface area contributed by atoms with Crippen LogP contribution < -0.4 is 5.32 Å². The molecule has 1 aliphatic heterocycles. The molecule has 0 radical (unpaired) electrons. The van der Waals surface area contributed by atoms with E-state index in [4.69, 9.17) is 0 Å². The van der Waals surface area contributed by atoms with Crippen LogP contribution in [0.5, 0.6) is 0 Å². The molecule has 0 unspecified atom stereocenters. The van der Waals surface area contributed by atoms with Gasteiger partial charge >= 0.3 is 0 Å². The number of carbonyl (C=O) groups is 2. The van der Waals surface area contributed by atoms with Crippen LogP contribution in [0.25, 0.3) is 0 Å². The Balaban J connectivity index is 1.40. The maximum atomic E-state index is 12.7. The minimum absolute atomic E-state index is 0.0777. The standard InChI is InChI=1S/C22H21N5O2S/c1-26-14-13-23-22(26)30-18-9-7-17(8-10-18)24-21(29)19-11-12-20(28)27(25-19)15-16-5-3-2-4-6-16/h2-10,13-14H,11-12,15H2,1H3,(H,24,29). The van der Waals surface area contributed by atoms with Crippen molar-refractivity contribution < 1.29 is 9.59 Å². The molecular formula is C22H21N5O2S. The lowest BCUT2D eigenvalue weighted by atomic mass is 10.1. The van der Waals surface area contributed by atoms with Gasteiger partial charge in [-0.2, -0.15) is 5.10 Å². The van der Waals surface area contributed by atoms with Gasteiger partial charge in [0.15, 0.2) is 5.16 Å². The van der Waals surface area contributed by atoms with E-state index in [9.17, 15) is 9.59 Å². The summed E-state index contributed by atoms with van der Waals surface area (Å²) in [6.07, 6.45) is 4.27. The Labute approximate surface area is 178 Å². The van der Waals surface area contributed by atoms with E-state index in [1.165, 1.54) is 5.01 Å². The third kappa shape index (κ3) is 4.77. The number of hydrazone groups is 1. The Morgan fingerprint density at radius 2 is 1.87 bits per heavy atom. The third-order valence-corrected chi connectivity index (χ3v) is 5.72. The Morgan fingerprint density at radius 3 is 2.57 bits per heavy atom. The highest BCUT2D eigenvalue weighted by molar-refractivity contribution is 7.99. The molecule has 152 valence electrons. The minimum atomic E-state index is -0.287. The average Bonchev–Trinajstić information content (AvgIpc) is 3.16. The molecule has 8 heteroatoms. The molecule has 0 spiro atoms. The molecule has 0 saturated carbocycles. The summed E-state index contributed by atoms with van der Waals surface area (Å²) in [4.78, 5) is 30.2. The SMILES string of the molecule is Cn1ccnc1Sc1ccc(NC(=O)C2=NN(Cc3ccccc3)C(=O)CC2)cc1. The number of nitrogens with zero attached hydrogens (tertiary/aromatic N) is 4. The van der Waals surface area contributed by atoms with Crippen LogP contribution in [0.1, 0.15) is 18.4 Å². The summed E-state index contributed by atoms with van der Waals surface area (Å²) < 4.78 is 1.95. The van der Waals surface area contributed by atoms with Gasteiger partial charge in [0.2, 0.25) is 5.91 Å². The summed E-state index contributed by atoms with van der Waals surface area (Å²) in [5.41, 5.74) is 2.01. The first kappa shape index (κ1) is 19.9. The second kappa shape index (κ2) is 8.96. The van der Waals surface area contributed by atoms with Crippen molar-refractivity contribution in [2.75, 3.05) is 5.32 Å². The highest BCUT2D eigenvalue weighted by Crippen LogP contribution is 2.27. The van der Waals surface area contributed by atoms with Crippen molar-refractivity contribution in [1.82, 2.24) is 14.6 Å². The van der Waals surface area contributed by atoms with Crippen molar-refractivity contribution in [3.05, 3.63) is 72.6 Å². The number of hydrogen-bond acceptors (Lipinski definition) is 5. The summed E-state index contributed by atoms with van der Waals surface area (Å²) in [5, 5.41) is 9.45. The molecule has 0 aliphatic carbocycles. The summed E-state index contributed by atoms with van der Waals surface area (Å²) in [6, 6.07) is 17.2. The van der Waals surface area contributed by atoms with Crippen LogP contribution in [0.4, 0.5) is 5.69 Å². The number of nitrogens with one attached hydrogen (secondary N) is 1. The zero-order valence-electron chi connectivity index (χ0n) is 16.5. The number of hydrogen-bond donors (Lipinski definition) is 1. The lowest BCUT2D eigenvalue weighted by Crippen LogP contribution is -2.36. The Morgan fingerprint density at radius 1 is 1.10 bits per heavy atom. The van der Waals surface area contributed by atoms with Crippen LogP contribution >= 0.6 is 11.8 Å². The smallest absolute Gasteiger partial charge is 0.271 e. The molecule has 0 fully saturated rings. The van der Waals surface area contributed by atoms with E-state index in [2.05, 4.69) is 15.4 Å². The highest BCUT2D eigenvalue weighted by Gasteiger charge is 2.24. The fraction of sp³-hybridized carbons (Fsp3) is 0.182. The van der Waals surface area contributed by atoms with Gasteiger partial charge in [-0.15, -0.1) is 0 Å². The molecule has 1 aliphatic rings. The lowest BCUT2D eigenvalue weighted by Gasteiger charge is -2.23. The van der Waals surface area contributed by atoms with E-state index >= 15 is 0 Å². The molecule has 3 aromatic rings.